The van der Waals surface area contributed by atoms with Gasteiger partial charge in [-0.2, -0.15) is 0 Å². The molecule has 0 fully saturated rings. The molecule has 0 amide bonds. The Labute approximate surface area is 98.8 Å². The second-order valence-electron chi connectivity index (χ2n) is 5.93. The van der Waals surface area contributed by atoms with Crippen LogP contribution in [0.15, 0.2) is 24.3 Å². The van der Waals surface area contributed by atoms with Gasteiger partial charge in [0.1, 0.15) is 5.75 Å². The van der Waals surface area contributed by atoms with E-state index in [1.165, 1.54) is 5.56 Å². The minimum Gasteiger partial charge on any atom is -0.493 e. The normalized spacial score (nSPS) is 23.4. The van der Waals surface area contributed by atoms with Crippen molar-refractivity contribution in [2.24, 2.45) is 17.3 Å². The first-order valence-electron chi connectivity index (χ1n) is 6.21. The maximum atomic E-state index is 5.96. The van der Waals surface area contributed by atoms with Crippen molar-refractivity contribution in [1.29, 1.82) is 0 Å². The third kappa shape index (κ3) is 2.09. The molecular formula is C15H22O. The van der Waals surface area contributed by atoms with E-state index < -0.39 is 0 Å². The topological polar surface area (TPSA) is 9.23 Å². The molecule has 1 aromatic rings. The summed E-state index contributed by atoms with van der Waals surface area (Å²) in [6.07, 6.45) is 1.12. The van der Waals surface area contributed by atoms with Crippen molar-refractivity contribution in [2.75, 3.05) is 6.61 Å². The zero-order chi connectivity index (χ0) is 11.8. The molecule has 0 spiro atoms. The highest BCUT2D eigenvalue weighted by atomic mass is 16.5. The fourth-order valence-electron chi connectivity index (χ4n) is 2.91. The van der Waals surface area contributed by atoms with Gasteiger partial charge in [-0.25, -0.2) is 0 Å². The molecule has 0 aromatic heterocycles. The van der Waals surface area contributed by atoms with E-state index in [4.69, 9.17) is 4.74 Å². The van der Waals surface area contributed by atoms with E-state index in [0.717, 1.165) is 18.8 Å². The Morgan fingerprint density at radius 3 is 2.62 bits per heavy atom. The van der Waals surface area contributed by atoms with Crippen LogP contribution in [0.2, 0.25) is 0 Å². The predicted octanol–water partition coefficient (Wildman–Crippen LogP) is 3.92. The van der Waals surface area contributed by atoms with Gasteiger partial charge in [0, 0.05) is 5.92 Å². The molecule has 1 aliphatic rings. The standard InChI is InChI=1S/C15H22O/c1-11(2)13-10-16-14-8-6-5-7-12(14)9-15(13,3)4/h5-8,11,13H,9-10H2,1-4H3. The maximum Gasteiger partial charge on any atom is 0.122 e. The third-order valence-electron chi connectivity index (χ3n) is 3.85. The molecule has 0 N–H and O–H groups in total. The molecule has 1 aliphatic heterocycles. The number of benzene rings is 1. The smallest absolute Gasteiger partial charge is 0.122 e. The average molecular weight is 218 g/mol. The van der Waals surface area contributed by atoms with E-state index in [0.29, 0.717) is 17.3 Å². The second-order valence-corrected chi connectivity index (χ2v) is 5.93. The van der Waals surface area contributed by atoms with Crippen LogP contribution < -0.4 is 4.74 Å². The zero-order valence-corrected chi connectivity index (χ0v) is 10.8. The summed E-state index contributed by atoms with van der Waals surface area (Å²) in [5, 5.41) is 0. The number of fused-ring (bicyclic) bond motifs is 1. The number of rotatable bonds is 1. The molecule has 1 unspecified atom stereocenters. The highest BCUT2D eigenvalue weighted by Crippen LogP contribution is 2.40. The van der Waals surface area contributed by atoms with Crippen LogP contribution >= 0.6 is 0 Å². The fourth-order valence-corrected chi connectivity index (χ4v) is 2.91. The Bertz CT molecular complexity index is 365. The minimum atomic E-state index is 0.320. The summed E-state index contributed by atoms with van der Waals surface area (Å²) in [5.74, 6) is 2.38. The molecule has 1 aromatic carbocycles. The van der Waals surface area contributed by atoms with Crippen LogP contribution in [0.3, 0.4) is 0 Å². The van der Waals surface area contributed by atoms with E-state index in [1.807, 2.05) is 0 Å². The Morgan fingerprint density at radius 2 is 1.94 bits per heavy atom. The lowest BCUT2D eigenvalue weighted by atomic mass is 9.70. The lowest BCUT2D eigenvalue weighted by molar-refractivity contribution is 0.105. The summed E-state index contributed by atoms with van der Waals surface area (Å²) in [5.41, 5.74) is 1.68. The number of hydrogen-bond acceptors (Lipinski definition) is 1. The summed E-state index contributed by atoms with van der Waals surface area (Å²) in [7, 11) is 0. The van der Waals surface area contributed by atoms with Gasteiger partial charge in [-0.3, -0.25) is 0 Å². The van der Waals surface area contributed by atoms with Crippen molar-refractivity contribution >= 4 is 0 Å². The number of ether oxygens (including phenoxy) is 1. The highest BCUT2D eigenvalue weighted by molar-refractivity contribution is 5.35. The summed E-state index contributed by atoms with van der Waals surface area (Å²) >= 11 is 0. The molecule has 1 heteroatoms. The molecule has 88 valence electrons. The van der Waals surface area contributed by atoms with Gasteiger partial charge in [-0.05, 0) is 29.4 Å². The van der Waals surface area contributed by atoms with E-state index >= 15 is 0 Å². The Hall–Kier alpha value is -0.980. The van der Waals surface area contributed by atoms with Crippen LogP contribution in [0.25, 0.3) is 0 Å². The van der Waals surface area contributed by atoms with Gasteiger partial charge in [0.15, 0.2) is 0 Å². The van der Waals surface area contributed by atoms with E-state index in [2.05, 4.69) is 52.0 Å². The molecule has 1 atom stereocenters. The molecule has 0 aliphatic carbocycles. The lowest BCUT2D eigenvalue weighted by Crippen LogP contribution is -2.33. The van der Waals surface area contributed by atoms with E-state index in [9.17, 15) is 0 Å². The van der Waals surface area contributed by atoms with Crippen LogP contribution in [-0.4, -0.2) is 6.61 Å². The van der Waals surface area contributed by atoms with Crippen LogP contribution in [0.1, 0.15) is 33.3 Å². The van der Waals surface area contributed by atoms with Crippen molar-refractivity contribution in [1.82, 2.24) is 0 Å². The first-order valence-corrected chi connectivity index (χ1v) is 6.21. The molecule has 1 heterocycles. The van der Waals surface area contributed by atoms with Crippen molar-refractivity contribution in [3.8, 4) is 5.75 Å². The van der Waals surface area contributed by atoms with Gasteiger partial charge in [0.25, 0.3) is 0 Å². The Morgan fingerprint density at radius 1 is 1.25 bits per heavy atom. The SMILES string of the molecule is CC(C)C1COc2ccccc2CC1(C)C. The summed E-state index contributed by atoms with van der Waals surface area (Å²) < 4.78 is 5.96. The quantitative estimate of drug-likeness (QED) is 0.694. The third-order valence-corrected chi connectivity index (χ3v) is 3.85. The molecule has 16 heavy (non-hydrogen) atoms. The van der Waals surface area contributed by atoms with E-state index in [-0.39, 0.29) is 0 Å². The van der Waals surface area contributed by atoms with E-state index in [1.54, 1.807) is 0 Å². The van der Waals surface area contributed by atoms with Crippen LogP contribution in [-0.2, 0) is 6.42 Å². The lowest BCUT2D eigenvalue weighted by Gasteiger charge is -2.34. The first-order chi connectivity index (χ1) is 7.50. The second kappa shape index (κ2) is 4.12. The van der Waals surface area contributed by atoms with Crippen LogP contribution in [0, 0.1) is 17.3 Å². The van der Waals surface area contributed by atoms with Gasteiger partial charge in [0.2, 0.25) is 0 Å². The summed E-state index contributed by atoms with van der Waals surface area (Å²) in [6, 6.07) is 8.45. The summed E-state index contributed by atoms with van der Waals surface area (Å²) in [6.45, 7) is 10.2. The fraction of sp³-hybridized carbons (Fsp3) is 0.600. The monoisotopic (exact) mass is 218 g/mol. The predicted molar refractivity (Wildman–Crippen MR) is 67.8 cm³/mol. The largest absolute Gasteiger partial charge is 0.493 e. The summed E-state index contributed by atoms with van der Waals surface area (Å²) in [4.78, 5) is 0. The Kier molecular flexibility index (Phi) is 2.96. The van der Waals surface area contributed by atoms with Gasteiger partial charge >= 0.3 is 0 Å². The van der Waals surface area contributed by atoms with Gasteiger partial charge in [-0.1, -0.05) is 45.9 Å². The molecule has 1 nitrogen and oxygen atoms in total. The molecule has 0 bridgehead atoms. The number of para-hydroxylation sites is 1. The van der Waals surface area contributed by atoms with Gasteiger partial charge in [-0.15, -0.1) is 0 Å². The van der Waals surface area contributed by atoms with Gasteiger partial charge in [0.05, 0.1) is 6.61 Å². The van der Waals surface area contributed by atoms with Gasteiger partial charge < -0.3 is 4.74 Å². The zero-order valence-electron chi connectivity index (χ0n) is 10.8. The van der Waals surface area contributed by atoms with Crippen LogP contribution in [0.5, 0.6) is 5.75 Å². The highest BCUT2D eigenvalue weighted by Gasteiger charge is 2.35. The van der Waals surface area contributed by atoms with Crippen LogP contribution in [0.4, 0.5) is 0 Å². The maximum absolute atomic E-state index is 5.96. The van der Waals surface area contributed by atoms with Crippen molar-refractivity contribution < 1.29 is 4.74 Å². The minimum absolute atomic E-state index is 0.320. The molecule has 2 rings (SSSR count). The average Bonchev–Trinajstić information content (AvgIpc) is 2.31. The molecule has 0 saturated heterocycles. The van der Waals surface area contributed by atoms with Crippen molar-refractivity contribution in [3.63, 3.8) is 0 Å². The Balaban J connectivity index is 2.33. The molecule has 0 radical (unpaired) electrons. The number of hydrogen-bond donors (Lipinski definition) is 0. The van der Waals surface area contributed by atoms with Crippen molar-refractivity contribution in [3.05, 3.63) is 29.8 Å². The molecular weight excluding hydrogens is 196 g/mol. The van der Waals surface area contributed by atoms with Crippen molar-refractivity contribution in [2.45, 2.75) is 34.1 Å². The molecule has 0 saturated carbocycles. The first kappa shape index (κ1) is 11.5.